The van der Waals surface area contributed by atoms with Gasteiger partial charge >= 0.3 is 5.97 Å². The first-order valence-electron chi connectivity index (χ1n) is 23.0. The van der Waals surface area contributed by atoms with E-state index >= 15 is 0 Å². The molecule has 0 heterocycles. The van der Waals surface area contributed by atoms with Gasteiger partial charge in [0, 0.05) is 13.0 Å². The Bertz CT molecular complexity index is 1090. The van der Waals surface area contributed by atoms with Crippen molar-refractivity contribution in [3.8, 4) is 0 Å². The maximum absolute atomic E-state index is 12.7. The molecule has 0 N–H and O–H groups in total. The van der Waals surface area contributed by atoms with Crippen LogP contribution in [0.2, 0.25) is 0 Å². The normalized spacial score (nSPS) is 14.3. The van der Waals surface area contributed by atoms with Crippen LogP contribution in [0.1, 0.15) is 181 Å². The van der Waals surface area contributed by atoms with Crippen LogP contribution in [0, 0.1) is 0 Å². The Morgan fingerprint density at radius 2 is 1.02 bits per heavy atom. The third kappa shape index (κ3) is 45.1. The zero-order valence-corrected chi connectivity index (χ0v) is 38.4. The van der Waals surface area contributed by atoms with Crippen molar-refractivity contribution in [2.24, 2.45) is 0 Å². The highest BCUT2D eigenvalue weighted by atomic mass is 31.2. The average Bonchev–Trinajstić information content (AvgIpc) is 3.16. The van der Waals surface area contributed by atoms with Gasteiger partial charge < -0.3 is 27.9 Å². The van der Waals surface area contributed by atoms with Crippen LogP contribution < -0.4 is 4.89 Å². The number of rotatable bonds is 42. The minimum atomic E-state index is -4.53. The smallest absolute Gasteiger partial charge is 0.306 e. The third-order valence-electron chi connectivity index (χ3n) is 9.55. The first kappa shape index (κ1) is 55.2. The van der Waals surface area contributed by atoms with Crippen LogP contribution in [-0.4, -0.2) is 70.7 Å². The molecule has 9 heteroatoms. The number of nitrogens with zero attached hydrogens (tertiary/aromatic N) is 1. The van der Waals surface area contributed by atoms with E-state index in [-0.39, 0.29) is 25.8 Å². The van der Waals surface area contributed by atoms with Crippen molar-refractivity contribution < 1.29 is 37.3 Å². The molecule has 0 saturated heterocycles. The molecule has 0 aromatic rings. The summed E-state index contributed by atoms with van der Waals surface area (Å²) in [6.45, 7) is 5.24. The molecule has 57 heavy (non-hydrogen) atoms. The van der Waals surface area contributed by atoms with E-state index in [2.05, 4.69) is 74.6 Å². The monoisotopic (exact) mass is 822 g/mol. The molecule has 0 aliphatic rings. The Morgan fingerprint density at radius 3 is 1.53 bits per heavy atom. The number of hydrogen-bond donors (Lipinski definition) is 0. The van der Waals surface area contributed by atoms with Gasteiger partial charge in [-0.05, 0) is 77.0 Å². The molecule has 8 nitrogen and oxygen atoms in total. The number of hydrogen-bond acceptors (Lipinski definition) is 7. The Morgan fingerprint density at radius 1 is 0.561 bits per heavy atom. The minimum Gasteiger partial charge on any atom is -0.756 e. The molecule has 0 aliphatic heterocycles. The lowest BCUT2D eigenvalue weighted by Crippen LogP contribution is -2.37. The summed E-state index contributed by atoms with van der Waals surface area (Å²) in [6, 6.07) is 0. The number of phosphoric acid groups is 1. The van der Waals surface area contributed by atoms with Gasteiger partial charge in [0.2, 0.25) is 0 Å². The zero-order chi connectivity index (χ0) is 42.0. The van der Waals surface area contributed by atoms with Gasteiger partial charge in [-0.25, -0.2) is 0 Å². The molecular weight excluding hydrogens is 734 g/mol. The molecule has 0 rings (SSSR count). The second-order valence-electron chi connectivity index (χ2n) is 16.4. The van der Waals surface area contributed by atoms with Crippen molar-refractivity contribution >= 4 is 13.8 Å². The average molecular weight is 822 g/mol. The predicted octanol–water partition coefficient (Wildman–Crippen LogP) is 13.1. The number of ether oxygens (including phenoxy) is 2. The fourth-order valence-corrected chi connectivity index (χ4v) is 6.73. The Hall–Kier alpha value is -1.80. The number of likely N-dealkylation sites (N-methyl/N-ethyl adjacent to an activating group) is 1. The number of carbonyl (C=O) groups is 1. The van der Waals surface area contributed by atoms with Crippen LogP contribution >= 0.6 is 7.82 Å². The van der Waals surface area contributed by atoms with Crippen LogP contribution in [0.4, 0.5) is 0 Å². The number of allylic oxidation sites excluding steroid dienone is 10. The highest BCUT2D eigenvalue weighted by Gasteiger charge is 2.20. The number of phosphoric ester groups is 1. The second-order valence-corrected chi connectivity index (χ2v) is 17.8. The van der Waals surface area contributed by atoms with Crippen LogP contribution in [-0.2, 0) is 27.9 Å². The maximum Gasteiger partial charge on any atom is 0.306 e. The number of quaternary nitrogens is 1. The fraction of sp³-hybridized carbons (Fsp3) is 0.771. The summed E-state index contributed by atoms with van der Waals surface area (Å²) in [4.78, 5) is 25.1. The summed E-state index contributed by atoms with van der Waals surface area (Å²) in [7, 11) is 1.33. The lowest BCUT2D eigenvalue weighted by molar-refractivity contribution is -0.870. The number of esters is 1. The maximum atomic E-state index is 12.7. The Labute approximate surface area is 351 Å². The van der Waals surface area contributed by atoms with E-state index in [4.69, 9.17) is 18.5 Å². The first-order valence-corrected chi connectivity index (χ1v) is 24.5. The highest BCUT2D eigenvalue weighted by Crippen LogP contribution is 2.38. The van der Waals surface area contributed by atoms with Crippen molar-refractivity contribution in [2.45, 2.75) is 187 Å². The van der Waals surface area contributed by atoms with Crippen molar-refractivity contribution in [1.82, 2.24) is 0 Å². The summed E-state index contributed by atoms with van der Waals surface area (Å²) in [5, 5.41) is 0. The van der Waals surface area contributed by atoms with Gasteiger partial charge in [-0.1, -0.05) is 158 Å². The summed E-state index contributed by atoms with van der Waals surface area (Å²) in [6.07, 6.45) is 50.9. The lowest BCUT2D eigenvalue weighted by atomic mass is 10.1. The SMILES string of the molecule is CC/C=C\C/C=C\C/C=C\CCCCCCCC(=O)OC(COCCCCCCCCCCCC/C=C\C/C=C\CCCCC)COP(=O)([O-])OCC[N+](C)(C)C. The van der Waals surface area contributed by atoms with E-state index in [1.807, 2.05) is 21.1 Å². The van der Waals surface area contributed by atoms with Crippen LogP contribution in [0.3, 0.4) is 0 Å². The molecule has 2 unspecified atom stereocenters. The topological polar surface area (TPSA) is 94.1 Å². The Kier molecular flexibility index (Phi) is 39.7. The van der Waals surface area contributed by atoms with Crippen LogP contribution in [0.25, 0.3) is 0 Å². The Balaban J connectivity index is 4.22. The lowest BCUT2D eigenvalue weighted by Gasteiger charge is -2.28. The molecule has 332 valence electrons. The molecule has 0 radical (unpaired) electrons. The number of carbonyl (C=O) groups excluding carboxylic acids is 1. The van der Waals surface area contributed by atoms with Gasteiger partial charge in [0.05, 0.1) is 34.4 Å². The molecule has 2 atom stereocenters. The summed E-state index contributed by atoms with van der Waals surface area (Å²) in [5.41, 5.74) is 0. The molecule has 0 aromatic carbocycles. The molecule has 0 bridgehead atoms. The van der Waals surface area contributed by atoms with E-state index in [9.17, 15) is 14.3 Å². The van der Waals surface area contributed by atoms with Crippen molar-refractivity contribution in [1.29, 1.82) is 0 Å². The van der Waals surface area contributed by atoms with Crippen molar-refractivity contribution in [3.05, 3.63) is 60.8 Å². The van der Waals surface area contributed by atoms with Crippen LogP contribution in [0.15, 0.2) is 60.8 Å². The largest absolute Gasteiger partial charge is 0.756 e. The second kappa shape index (κ2) is 41.0. The van der Waals surface area contributed by atoms with Gasteiger partial charge in [-0.2, -0.15) is 0 Å². The van der Waals surface area contributed by atoms with E-state index in [1.165, 1.54) is 83.5 Å². The number of unbranched alkanes of at least 4 members (excludes halogenated alkanes) is 18. The van der Waals surface area contributed by atoms with Gasteiger partial charge in [-0.3, -0.25) is 9.36 Å². The molecule has 0 aliphatic carbocycles. The first-order chi connectivity index (χ1) is 27.6. The molecule has 0 amide bonds. The van der Waals surface area contributed by atoms with E-state index in [0.717, 1.165) is 77.0 Å². The van der Waals surface area contributed by atoms with Gasteiger partial charge in [-0.15, -0.1) is 0 Å². The van der Waals surface area contributed by atoms with Crippen molar-refractivity contribution in [2.75, 3.05) is 54.1 Å². The summed E-state index contributed by atoms with van der Waals surface area (Å²) in [5.74, 6) is -0.353. The molecular formula is C48H88NO7P. The molecule has 0 spiro atoms. The third-order valence-corrected chi connectivity index (χ3v) is 10.5. The molecule has 0 fully saturated rings. The highest BCUT2D eigenvalue weighted by molar-refractivity contribution is 7.45. The molecule has 0 aromatic heterocycles. The van der Waals surface area contributed by atoms with E-state index in [0.29, 0.717) is 24.1 Å². The van der Waals surface area contributed by atoms with E-state index < -0.39 is 13.9 Å². The quantitative estimate of drug-likeness (QED) is 0.0199. The summed E-state index contributed by atoms with van der Waals surface area (Å²) >= 11 is 0. The van der Waals surface area contributed by atoms with Crippen molar-refractivity contribution in [3.63, 3.8) is 0 Å². The zero-order valence-electron chi connectivity index (χ0n) is 37.5. The van der Waals surface area contributed by atoms with Gasteiger partial charge in [0.15, 0.2) is 0 Å². The standard InChI is InChI=1S/C48H88NO7P/c1-6-8-10-12-14-16-18-20-22-23-24-25-26-28-30-32-34-36-38-40-43-53-45-47(46-55-57(51,52)54-44-42-49(3,4)5)56-48(50)41-39-37-35-33-31-29-27-21-19-17-15-13-11-9-7-2/h9,11,14-17,20-22,27,47H,6-8,10,12-13,18-19,23-26,28-46H2,1-5H3/b11-9-,16-14-,17-15-,22-20-,27-21-. The molecule has 0 saturated carbocycles. The minimum absolute atomic E-state index is 0.0195. The van der Waals surface area contributed by atoms with E-state index in [1.54, 1.807) is 0 Å². The van der Waals surface area contributed by atoms with Gasteiger partial charge in [0.1, 0.15) is 19.3 Å². The predicted molar refractivity (Wildman–Crippen MR) is 240 cm³/mol. The van der Waals surface area contributed by atoms with Gasteiger partial charge in [0.25, 0.3) is 7.82 Å². The summed E-state index contributed by atoms with van der Waals surface area (Å²) < 4.78 is 34.6. The fourth-order valence-electron chi connectivity index (χ4n) is 6.00. The van der Waals surface area contributed by atoms with Crippen LogP contribution in [0.5, 0.6) is 0 Å².